The molecule has 2 saturated heterocycles. The minimum absolute atomic E-state index is 0.230. The average molecular weight is 380 g/mol. The highest BCUT2D eigenvalue weighted by Gasteiger charge is 2.88. The molecule has 27 heavy (non-hydrogen) atoms. The van der Waals surface area contributed by atoms with E-state index in [-0.39, 0.29) is 5.57 Å². The molecule has 4 aliphatic carbocycles. The normalized spacial score (nSPS) is 60.9. The topological polar surface area (TPSA) is 127 Å². The van der Waals surface area contributed by atoms with E-state index in [1.165, 1.54) is 0 Å². The minimum atomic E-state index is -2.42. The van der Waals surface area contributed by atoms with Gasteiger partial charge in [0.05, 0.1) is 17.6 Å². The maximum absolute atomic E-state index is 13.4. The van der Waals surface area contributed by atoms with Crippen molar-refractivity contribution < 1.29 is 35.1 Å². The number of rotatable bonds is 0. The Labute approximate surface area is 157 Å². The number of carbonyl (C=O) groups excluding carboxylic acids is 1. The van der Waals surface area contributed by atoms with Gasteiger partial charge in [0.1, 0.15) is 11.5 Å². The summed E-state index contributed by atoms with van der Waals surface area (Å²) in [5, 5.41) is 56.2. The van der Waals surface area contributed by atoms with E-state index in [0.29, 0.717) is 25.7 Å². The maximum atomic E-state index is 13.4. The van der Waals surface area contributed by atoms with E-state index in [1.54, 1.807) is 0 Å². The number of hydrogen-bond acceptors (Lipinski definition) is 7. The zero-order valence-electron chi connectivity index (χ0n) is 15.6. The Morgan fingerprint density at radius 2 is 1.74 bits per heavy atom. The van der Waals surface area contributed by atoms with Crippen molar-refractivity contribution in [2.24, 2.45) is 34.0 Å². The van der Waals surface area contributed by atoms with E-state index in [9.17, 15) is 30.3 Å². The van der Waals surface area contributed by atoms with Gasteiger partial charge in [-0.05, 0) is 42.6 Å². The summed E-state index contributed by atoms with van der Waals surface area (Å²) >= 11 is 0. The Hall–Kier alpha value is -0.830. The van der Waals surface area contributed by atoms with Gasteiger partial charge in [0, 0.05) is 11.8 Å². The summed E-state index contributed by atoms with van der Waals surface area (Å²) in [4.78, 5) is 13.4. The van der Waals surface area contributed by atoms with Gasteiger partial charge in [-0.2, -0.15) is 0 Å². The maximum Gasteiger partial charge on any atom is 0.211 e. The van der Waals surface area contributed by atoms with Gasteiger partial charge < -0.3 is 30.3 Å². The molecule has 0 amide bonds. The Balaban J connectivity index is 1.84. The summed E-state index contributed by atoms with van der Waals surface area (Å²) in [7, 11) is 0. The van der Waals surface area contributed by atoms with Gasteiger partial charge in [-0.15, -0.1) is 0 Å². The Kier molecular flexibility index (Phi) is 3.26. The molecule has 5 N–H and O–H groups in total. The number of ketones is 1. The summed E-state index contributed by atoms with van der Waals surface area (Å²) in [6.45, 7) is 7.72. The van der Waals surface area contributed by atoms with Crippen LogP contribution in [-0.2, 0) is 9.53 Å². The molecule has 150 valence electrons. The van der Waals surface area contributed by atoms with Crippen molar-refractivity contribution in [1.29, 1.82) is 0 Å². The molecule has 0 aromatic heterocycles. The molecule has 6 fully saturated rings. The number of aliphatic hydroxyl groups excluding tert-OH is 4. The van der Waals surface area contributed by atoms with Crippen LogP contribution in [0.2, 0.25) is 0 Å². The summed E-state index contributed by atoms with van der Waals surface area (Å²) in [5.74, 6) is -4.83. The SMILES string of the molecule is C=C1C(=O)[C@]23[C@H](O)[C@H]1CC[C@H]2[C@]12[C@H](O)OC3(O)[C@@H](O)[C@@H]1C(C)(C)CC[C@@H]2O. The number of fused-ring (bicyclic) bond motifs is 2. The van der Waals surface area contributed by atoms with Crippen LogP contribution < -0.4 is 0 Å². The van der Waals surface area contributed by atoms with Gasteiger partial charge in [0.2, 0.25) is 5.79 Å². The predicted molar refractivity (Wildman–Crippen MR) is 91.8 cm³/mol. The lowest BCUT2D eigenvalue weighted by Crippen LogP contribution is -2.87. The first-order valence-corrected chi connectivity index (χ1v) is 9.85. The molecule has 2 aliphatic heterocycles. The fraction of sp³-hybridized carbons (Fsp3) is 0.850. The van der Waals surface area contributed by atoms with Crippen molar-refractivity contribution in [3.8, 4) is 0 Å². The zero-order valence-corrected chi connectivity index (χ0v) is 15.6. The van der Waals surface area contributed by atoms with E-state index in [2.05, 4.69) is 6.58 Å². The van der Waals surface area contributed by atoms with Crippen LogP contribution in [0.25, 0.3) is 0 Å². The molecular formula is C20H28O7. The predicted octanol–water partition coefficient (Wildman–Crippen LogP) is -0.306. The molecule has 0 aromatic rings. The van der Waals surface area contributed by atoms with E-state index in [0.717, 1.165) is 0 Å². The third-order valence-corrected chi connectivity index (χ3v) is 8.93. The van der Waals surface area contributed by atoms with Gasteiger partial charge in [0.15, 0.2) is 12.1 Å². The van der Waals surface area contributed by atoms with Crippen LogP contribution in [0.4, 0.5) is 0 Å². The van der Waals surface area contributed by atoms with Gasteiger partial charge in [0.25, 0.3) is 0 Å². The van der Waals surface area contributed by atoms with Crippen LogP contribution >= 0.6 is 0 Å². The van der Waals surface area contributed by atoms with E-state index < -0.39 is 70.2 Å². The lowest BCUT2D eigenvalue weighted by atomic mass is 9.35. The molecule has 1 unspecified atom stereocenters. The quantitative estimate of drug-likeness (QED) is 0.365. The Morgan fingerprint density at radius 1 is 1.07 bits per heavy atom. The largest absolute Gasteiger partial charge is 0.392 e. The van der Waals surface area contributed by atoms with Crippen molar-refractivity contribution in [1.82, 2.24) is 0 Å². The molecular weight excluding hydrogens is 352 g/mol. The molecule has 0 aromatic carbocycles. The molecule has 6 rings (SSSR count). The number of Topliss-reactive ketones (excluding diaryl/α,β-unsaturated/α-hetero) is 1. The lowest BCUT2D eigenvalue weighted by molar-refractivity contribution is -0.507. The lowest BCUT2D eigenvalue weighted by Gasteiger charge is -2.75. The van der Waals surface area contributed by atoms with E-state index in [1.807, 2.05) is 13.8 Å². The third kappa shape index (κ3) is 1.52. The monoisotopic (exact) mass is 380 g/mol. The second-order valence-corrected chi connectivity index (χ2v) is 10.0. The summed E-state index contributed by atoms with van der Waals surface area (Å²) in [6.07, 6.45) is -3.43. The molecule has 7 heteroatoms. The van der Waals surface area contributed by atoms with Crippen molar-refractivity contribution in [2.75, 3.05) is 0 Å². The van der Waals surface area contributed by atoms with E-state index >= 15 is 0 Å². The Morgan fingerprint density at radius 3 is 2.41 bits per heavy atom. The summed E-state index contributed by atoms with van der Waals surface area (Å²) < 4.78 is 5.57. The third-order valence-electron chi connectivity index (χ3n) is 8.93. The van der Waals surface area contributed by atoms with E-state index in [4.69, 9.17) is 4.74 Å². The molecule has 0 radical (unpaired) electrons. The zero-order chi connectivity index (χ0) is 19.7. The fourth-order valence-corrected chi connectivity index (χ4v) is 7.96. The first kappa shape index (κ1) is 18.2. The smallest absolute Gasteiger partial charge is 0.211 e. The molecule has 6 aliphatic rings. The van der Waals surface area contributed by atoms with Crippen molar-refractivity contribution in [3.05, 3.63) is 12.2 Å². The Bertz CT molecular complexity index is 749. The fourth-order valence-electron chi connectivity index (χ4n) is 7.96. The number of hydrogen-bond donors (Lipinski definition) is 5. The molecule has 4 saturated carbocycles. The van der Waals surface area contributed by atoms with Gasteiger partial charge >= 0.3 is 0 Å². The van der Waals surface area contributed by atoms with Crippen LogP contribution in [0.3, 0.4) is 0 Å². The van der Waals surface area contributed by atoms with Crippen LogP contribution in [0.15, 0.2) is 12.2 Å². The number of aliphatic hydroxyl groups is 5. The highest BCUT2D eigenvalue weighted by atomic mass is 16.7. The minimum Gasteiger partial charge on any atom is -0.392 e. The second kappa shape index (κ2) is 4.83. The molecule has 4 bridgehead atoms. The van der Waals surface area contributed by atoms with Crippen LogP contribution in [0, 0.1) is 34.0 Å². The van der Waals surface area contributed by atoms with Crippen molar-refractivity contribution >= 4 is 5.78 Å². The van der Waals surface area contributed by atoms with Crippen molar-refractivity contribution in [3.63, 3.8) is 0 Å². The van der Waals surface area contributed by atoms with Gasteiger partial charge in [-0.1, -0.05) is 20.4 Å². The highest BCUT2D eigenvalue weighted by Crippen LogP contribution is 2.77. The van der Waals surface area contributed by atoms with Crippen LogP contribution in [-0.4, -0.2) is 61.7 Å². The molecule has 2 heterocycles. The number of carbonyl (C=O) groups is 1. The van der Waals surface area contributed by atoms with Crippen molar-refractivity contribution in [2.45, 2.75) is 69.9 Å². The molecule has 7 nitrogen and oxygen atoms in total. The van der Waals surface area contributed by atoms with Gasteiger partial charge in [-0.3, -0.25) is 4.79 Å². The average Bonchev–Trinajstić information content (AvgIpc) is 2.70. The number of ether oxygens (including phenoxy) is 1. The summed E-state index contributed by atoms with van der Waals surface area (Å²) in [6, 6.07) is 0. The second-order valence-electron chi connectivity index (χ2n) is 10.0. The molecule has 2 spiro atoms. The highest BCUT2D eigenvalue weighted by molar-refractivity contribution is 6.05. The standard InChI is InChI=1S/C20H28O7/c1-8-9-4-5-10-18-11(21)6-7-17(2,3)12(18)15(24)20(26,27-16(18)25)19(10,13(8)22)14(9)23/h9-12,14-16,21,23-26H,1,4-7H2,2-3H3/t9-,10-,11-,12+,14+,15-,16+,18+,19-,20?/m0/s1. The molecule has 10 atom stereocenters. The van der Waals surface area contributed by atoms with Crippen LogP contribution in [0.1, 0.15) is 39.5 Å². The van der Waals surface area contributed by atoms with Gasteiger partial charge in [-0.25, -0.2) is 0 Å². The first-order chi connectivity index (χ1) is 12.5. The van der Waals surface area contributed by atoms with Crippen LogP contribution in [0.5, 0.6) is 0 Å². The first-order valence-electron chi connectivity index (χ1n) is 9.85. The summed E-state index contributed by atoms with van der Waals surface area (Å²) in [5.41, 5.74) is -3.41.